The second-order valence-electron chi connectivity index (χ2n) is 5.32. The number of aromatic nitrogens is 1. The number of pyridine rings is 1. The van der Waals surface area contributed by atoms with E-state index in [9.17, 15) is 5.11 Å². The van der Waals surface area contributed by atoms with E-state index in [0.29, 0.717) is 5.92 Å². The summed E-state index contributed by atoms with van der Waals surface area (Å²) in [5.41, 5.74) is 2.47. The lowest BCUT2D eigenvalue weighted by Gasteiger charge is -2.31. The Bertz CT molecular complexity index is 350. The first-order chi connectivity index (χ1) is 7.65. The number of rotatable bonds is 2. The Kier molecular flexibility index (Phi) is 3.59. The second kappa shape index (κ2) is 4.96. The average Bonchev–Trinajstić information content (AvgIpc) is 2.24. The summed E-state index contributed by atoms with van der Waals surface area (Å²) in [4.78, 5) is 4.21. The SMILES string of the molecule is Cc1cncc(CC2CC(C)CCC2O)c1. The van der Waals surface area contributed by atoms with Crippen LogP contribution in [0.3, 0.4) is 0 Å². The summed E-state index contributed by atoms with van der Waals surface area (Å²) >= 11 is 0. The molecule has 0 spiro atoms. The summed E-state index contributed by atoms with van der Waals surface area (Å²) in [5, 5.41) is 10.00. The quantitative estimate of drug-likeness (QED) is 0.829. The zero-order chi connectivity index (χ0) is 11.5. The van der Waals surface area contributed by atoms with Crippen LogP contribution >= 0.6 is 0 Å². The lowest BCUT2D eigenvalue weighted by Crippen LogP contribution is -2.29. The molecule has 3 atom stereocenters. The topological polar surface area (TPSA) is 33.1 Å². The molecule has 1 saturated carbocycles. The molecule has 0 amide bonds. The van der Waals surface area contributed by atoms with E-state index >= 15 is 0 Å². The summed E-state index contributed by atoms with van der Waals surface area (Å²) < 4.78 is 0. The Morgan fingerprint density at radius 1 is 1.38 bits per heavy atom. The molecule has 1 fully saturated rings. The van der Waals surface area contributed by atoms with Crippen LogP contribution < -0.4 is 0 Å². The third-order valence-corrected chi connectivity index (χ3v) is 3.63. The molecule has 1 N–H and O–H groups in total. The molecule has 88 valence electrons. The number of nitrogens with zero attached hydrogens (tertiary/aromatic N) is 1. The van der Waals surface area contributed by atoms with Crippen LogP contribution in [0.5, 0.6) is 0 Å². The van der Waals surface area contributed by atoms with Crippen molar-refractivity contribution in [1.82, 2.24) is 4.98 Å². The molecule has 1 heterocycles. The number of hydrogen-bond donors (Lipinski definition) is 1. The van der Waals surface area contributed by atoms with Crippen LogP contribution in [0.25, 0.3) is 0 Å². The Balaban J connectivity index is 2.02. The minimum atomic E-state index is -0.114. The van der Waals surface area contributed by atoms with Crippen molar-refractivity contribution in [2.24, 2.45) is 11.8 Å². The number of aliphatic hydroxyl groups excluding tert-OH is 1. The zero-order valence-electron chi connectivity index (χ0n) is 10.2. The van der Waals surface area contributed by atoms with Crippen molar-refractivity contribution in [1.29, 1.82) is 0 Å². The first-order valence-corrected chi connectivity index (χ1v) is 6.23. The molecule has 2 rings (SSSR count). The van der Waals surface area contributed by atoms with E-state index < -0.39 is 0 Å². The Labute approximate surface area is 97.7 Å². The van der Waals surface area contributed by atoms with Gasteiger partial charge in [0.1, 0.15) is 0 Å². The van der Waals surface area contributed by atoms with Gasteiger partial charge in [0.15, 0.2) is 0 Å². The van der Waals surface area contributed by atoms with Gasteiger partial charge in [-0.2, -0.15) is 0 Å². The molecule has 1 aliphatic carbocycles. The molecule has 3 unspecified atom stereocenters. The first-order valence-electron chi connectivity index (χ1n) is 6.23. The predicted molar refractivity (Wildman–Crippen MR) is 65.2 cm³/mol. The summed E-state index contributed by atoms with van der Waals surface area (Å²) in [5.74, 6) is 1.18. The molecule has 0 saturated heterocycles. The minimum Gasteiger partial charge on any atom is -0.393 e. The Hall–Kier alpha value is -0.890. The Morgan fingerprint density at radius 2 is 2.19 bits per heavy atom. The molecule has 2 nitrogen and oxygen atoms in total. The highest BCUT2D eigenvalue weighted by Crippen LogP contribution is 2.31. The molecule has 0 radical (unpaired) electrons. The number of aryl methyl sites for hydroxylation is 1. The first kappa shape index (κ1) is 11.6. The van der Waals surface area contributed by atoms with E-state index in [2.05, 4.69) is 24.9 Å². The molecule has 0 aliphatic heterocycles. The van der Waals surface area contributed by atoms with E-state index in [1.165, 1.54) is 17.5 Å². The van der Waals surface area contributed by atoms with Gasteiger partial charge in [-0.25, -0.2) is 0 Å². The standard InChI is InChI=1S/C14H21NO/c1-10-3-4-14(16)13(6-10)7-12-5-11(2)8-15-9-12/h5,8-10,13-14,16H,3-4,6-7H2,1-2H3. The molecule has 1 aromatic rings. The maximum absolute atomic E-state index is 10.00. The van der Waals surface area contributed by atoms with Gasteiger partial charge in [0.2, 0.25) is 0 Å². The van der Waals surface area contributed by atoms with E-state index in [1.54, 1.807) is 0 Å². The van der Waals surface area contributed by atoms with Crippen molar-refractivity contribution in [3.63, 3.8) is 0 Å². The molecular formula is C14H21NO. The smallest absolute Gasteiger partial charge is 0.0571 e. The van der Waals surface area contributed by atoms with Crippen LogP contribution in [0.2, 0.25) is 0 Å². The highest BCUT2D eigenvalue weighted by molar-refractivity contribution is 5.17. The summed E-state index contributed by atoms with van der Waals surface area (Å²) in [7, 11) is 0. The fourth-order valence-corrected chi connectivity index (χ4v) is 2.73. The van der Waals surface area contributed by atoms with Crippen molar-refractivity contribution in [2.45, 2.75) is 45.6 Å². The third kappa shape index (κ3) is 2.82. The summed E-state index contributed by atoms with van der Waals surface area (Å²) in [6.45, 7) is 4.35. The van der Waals surface area contributed by atoms with E-state index in [1.807, 2.05) is 12.4 Å². The van der Waals surface area contributed by atoms with Crippen molar-refractivity contribution in [2.75, 3.05) is 0 Å². The zero-order valence-corrected chi connectivity index (χ0v) is 10.2. The van der Waals surface area contributed by atoms with Crippen LogP contribution in [0, 0.1) is 18.8 Å². The lowest BCUT2D eigenvalue weighted by atomic mass is 9.77. The molecule has 0 aromatic carbocycles. The van der Waals surface area contributed by atoms with Crippen molar-refractivity contribution in [3.05, 3.63) is 29.6 Å². The normalized spacial score (nSPS) is 30.3. The van der Waals surface area contributed by atoms with Crippen LogP contribution in [0.4, 0.5) is 0 Å². The molecule has 0 bridgehead atoms. The van der Waals surface area contributed by atoms with Gasteiger partial charge in [0.05, 0.1) is 6.10 Å². The third-order valence-electron chi connectivity index (χ3n) is 3.63. The van der Waals surface area contributed by atoms with Crippen molar-refractivity contribution in [3.8, 4) is 0 Å². The van der Waals surface area contributed by atoms with Gasteiger partial charge in [-0.3, -0.25) is 4.98 Å². The monoisotopic (exact) mass is 219 g/mol. The highest BCUT2D eigenvalue weighted by atomic mass is 16.3. The van der Waals surface area contributed by atoms with E-state index in [4.69, 9.17) is 0 Å². The van der Waals surface area contributed by atoms with Crippen molar-refractivity contribution < 1.29 is 5.11 Å². The van der Waals surface area contributed by atoms with Gasteiger partial charge in [-0.15, -0.1) is 0 Å². The predicted octanol–water partition coefficient (Wildman–Crippen LogP) is 2.73. The molecule has 1 aromatic heterocycles. The summed E-state index contributed by atoms with van der Waals surface area (Å²) in [6, 6.07) is 2.18. The molecule has 1 aliphatic rings. The van der Waals surface area contributed by atoms with Gasteiger partial charge >= 0.3 is 0 Å². The van der Waals surface area contributed by atoms with Gasteiger partial charge in [-0.05, 0) is 55.6 Å². The van der Waals surface area contributed by atoms with Crippen LogP contribution in [-0.2, 0) is 6.42 Å². The lowest BCUT2D eigenvalue weighted by molar-refractivity contribution is 0.0519. The van der Waals surface area contributed by atoms with Crippen LogP contribution in [0.15, 0.2) is 18.5 Å². The Morgan fingerprint density at radius 3 is 2.94 bits per heavy atom. The van der Waals surface area contributed by atoms with E-state index in [-0.39, 0.29) is 6.10 Å². The van der Waals surface area contributed by atoms with Gasteiger partial charge in [0, 0.05) is 12.4 Å². The molecular weight excluding hydrogens is 198 g/mol. The van der Waals surface area contributed by atoms with Crippen molar-refractivity contribution >= 4 is 0 Å². The largest absolute Gasteiger partial charge is 0.393 e. The van der Waals surface area contributed by atoms with Crippen LogP contribution in [-0.4, -0.2) is 16.2 Å². The number of aliphatic hydroxyl groups is 1. The maximum atomic E-state index is 10.00. The fraction of sp³-hybridized carbons (Fsp3) is 0.643. The highest BCUT2D eigenvalue weighted by Gasteiger charge is 2.26. The van der Waals surface area contributed by atoms with E-state index in [0.717, 1.165) is 25.2 Å². The average molecular weight is 219 g/mol. The molecule has 16 heavy (non-hydrogen) atoms. The molecule has 2 heteroatoms. The van der Waals surface area contributed by atoms with Gasteiger partial charge < -0.3 is 5.11 Å². The minimum absolute atomic E-state index is 0.114. The van der Waals surface area contributed by atoms with Gasteiger partial charge in [-0.1, -0.05) is 13.0 Å². The van der Waals surface area contributed by atoms with Crippen LogP contribution in [0.1, 0.15) is 37.3 Å². The maximum Gasteiger partial charge on any atom is 0.0571 e. The second-order valence-corrected chi connectivity index (χ2v) is 5.32. The van der Waals surface area contributed by atoms with Gasteiger partial charge in [0.25, 0.3) is 0 Å². The summed E-state index contributed by atoms with van der Waals surface area (Å²) in [6.07, 6.45) is 7.95. The number of hydrogen-bond acceptors (Lipinski definition) is 2. The fourth-order valence-electron chi connectivity index (χ4n) is 2.73.